The summed E-state index contributed by atoms with van der Waals surface area (Å²) in [4.78, 5) is 7.68. The number of alkyl halides is 3. The van der Waals surface area contributed by atoms with E-state index < -0.39 is 21.8 Å². The number of rotatable bonds is 6. The highest BCUT2D eigenvalue weighted by molar-refractivity contribution is 7.88. The van der Waals surface area contributed by atoms with E-state index in [4.69, 9.17) is 4.74 Å². The maximum Gasteiger partial charge on any atom is 0.419 e. The van der Waals surface area contributed by atoms with Crippen molar-refractivity contribution < 1.29 is 26.3 Å². The van der Waals surface area contributed by atoms with Gasteiger partial charge in [0, 0.05) is 25.3 Å². The highest BCUT2D eigenvalue weighted by Crippen LogP contribution is 2.32. The summed E-state index contributed by atoms with van der Waals surface area (Å²) in [5.74, 6) is 0.0620. The zero-order chi connectivity index (χ0) is 19.4. The zero-order valence-electron chi connectivity index (χ0n) is 14.5. The molecule has 1 aliphatic heterocycles. The summed E-state index contributed by atoms with van der Waals surface area (Å²) in [6.45, 7) is 2.72. The summed E-state index contributed by atoms with van der Waals surface area (Å²) < 4.78 is 68.5. The lowest BCUT2D eigenvalue weighted by molar-refractivity contribution is -0.138. The van der Waals surface area contributed by atoms with Crippen molar-refractivity contribution in [3.05, 3.63) is 23.7 Å². The molecule has 1 saturated heterocycles. The van der Waals surface area contributed by atoms with E-state index >= 15 is 0 Å². The molecule has 7 nitrogen and oxygen atoms in total. The van der Waals surface area contributed by atoms with Crippen LogP contribution in [0.4, 0.5) is 19.1 Å². The Bertz CT molecular complexity index is 745. The molecule has 0 spiro atoms. The Labute approximate surface area is 150 Å². The monoisotopic (exact) mass is 394 g/mol. The van der Waals surface area contributed by atoms with Crippen molar-refractivity contribution in [2.75, 3.05) is 31.3 Å². The summed E-state index contributed by atoms with van der Waals surface area (Å²) in [6.07, 6.45) is 0.634. The minimum Gasteiger partial charge on any atom is -0.501 e. The number of piperidine rings is 1. The highest BCUT2D eigenvalue weighted by Gasteiger charge is 2.34. The van der Waals surface area contributed by atoms with Crippen molar-refractivity contribution in [2.24, 2.45) is 0 Å². The van der Waals surface area contributed by atoms with E-state index in [0.29, 0.717) is 32.5 Å². The fraction of sp³-hybridized carbons (Fsp3) is 0.600. The van der Waals surface area contributed by atoms with Gasteiger partial charge in [-0.1, -0.05) is 0 Å². The van der Waals surface area contributed by atoms with Gasteiger partial charge in [-0.3, -0.25) is 0 Å². The van der Waals surface area contributed by atoms with Gasteiger partial charge in [0.05, 0.1) is 30.4 Å². The third-order valence-corrected chi connectivity index (χ3v) is 5.17. The number of hydrogen-bond acceptors (Lipinski definition) is 6. The molecule has 0 unspecified atom stereocenters. The smallest absolute Gasteiger partial charge is 0.419 e. The maximum atomic E-state index is 13.1. The molecule has 0 saturated carbocycles. The standard InChI is InChI=1S/C15H21F3N4O3S/c1-3-25-9-6-13-12(15(16,17)18)10-19-14(21-13)20-11-4-7-22(8-5-11)26(2,23)24/h6,9-11H,3-5,7-8H2,1-2H3,(H,19,20,21)/b9-6+. The summed E-state index contributed by atoms with van der Waals surface area (Å²) in [5.41, 5.74) is -1.25. The van der Waals surface area contributed by atoms with Crippen molar-refractivity contribution in [1.82, 2.24) is 14.3 Å². The van der Waals surface area contributed by atoms with E-state index in [1.807, 2.05) is 0 Å². The number of hydrogen-bond donors (Lipinski definition) is 1. The van der Waals surface area contributed by atoms with Crippen LogP contribution in [0.15, 0.2) is 12.5 Å². The fourth-order valence-corrected chi connectivity index (χ4v) is 3.41. The molecule has 11 heteroatoms. The van der Waals surface area contributed by atoms with E-state index in [1.54, 1.807) is 6.92 Å². The molecule has 2 heterocycles. The molecule has 1 aromatic rings. The number of nitrogens with zero attached hydrogens (tertiary/aromatic N) is 3. The molecule has 26 heavy (non-hydrogen) atoms. The van der Waals surface area contributed by atoms with Crippen LogP contribution in [0.5, 0.6) is 0 Å². The predicted molar refractivity (Wildman–Crippen MR) is 90.8 cm³/mol. The average molecular weight is 394 g/mol. The second-order valence-electron chi connectivity index (χ2n) is 5.83. The van der Waals surface area contributed by atoms with Crippen LogP contribution >= 0.6 is 0 Å². The summed E-state index contributed by atoms with van der Waals surface area (Å²) >= 11 is 0. The van der Waals surface area contributed by atoms with Crippen LogP contribution in [0.2, 0.25) is 0 Å². The second kappa shape index (κ2) is 8.21. The van der Waals surface area contributed by atoms with Crippen LogP contribution < -0.4 is 5.32 Å². The molecule has 1 N–H and O–H groups in total. The first-order valence-electron chi connectivity index (χ1n) is 8.05. The Morgan fingerprint density at radius 1 is 1.38 bits per heavy atom. The van der Waals surface area contributed by atoms with Gasteiger partial charge in [0.2, 0.25) is 16.0 Å². The number of anilines is 1. The van der Waals surface area contributed by atoms with Gasteiger partial charge in [0.25, 0.3) is 0 Å². The average Bonchev–Trinajstić information content (AvgIpc) is 2.54. The van der Waals surface area contributed by atoms with Gasteiger partial charge in [-0.15, -0.1) is 0 Å². The van der Waals surface area contributed by atoms with Gasteiger partial charge in [0.1, 0.15) is 0 Å². The molecule has 0 aliphatic carbocycles. The normalized spacial score (nSPS) is 17.6. The van der Waals surface area contributed by atoms with Crippen molar-refractivity contribution in [1.29, 1.82) is 0 Å². The third-order valence-electron chi connectivity index (χ3n) is 3.87. The Morgan fingerprint density at radius 2 is 2.04 bits per heavy atom. The van der Waals surface area contributed by atoms with E-state index in [0.717, 1.165) is 24.8 Å². The SMILES string of the molecule is CCO/C=C/c1nc(NC2CCN(S(C)(=O)=O)CC2)ncc1C(F)(F)F. The lowest BCUT2D eigenvalue weighted by atomic mass is 10.1. The molecule has 146 valence electrons. The first kappa shape index (κ1) is 20.4. The van der Waals surface area contributed by atoms with E-state index in [9.17, 15) is 21.6 Å². The summed E-state index contributed by atoms with van der Waals surface area (Å²) in [7, 11) is -3.24. The fourth-order valence-electron chi connectivity index (χ4n) is 2.53. The van der Waals surface area contributed by atoms with Gasteiger partial charge in [0.15, 0.2) is 0 Å². The van der Waals surface area contributed by atoms with Crippen LogP contribution in [-0.4, -0.2) is 54.7 Å². The van der Waals surface area contributed by atoms with Crippen LogP contribution in [0.25, 0.3) is 6.08 Å². The molecule has 1 aromatic heterocycles. The molecule has 2 rings (SSSR count). The number of halogens is 3. The van der Waals surface area contributed by atoms with Crippen LogP contribution in [-0.2, 0) is 20.9 Å². The number of ether oxygens (including phenoxy) is 1. The minimum absolute atomic E-state index is 0.0620. The summed E-state index contributed by atoms with van der Waals surface area (Å²) in [6, 6.07) is -0.117. The Balaban J connectivity index is 2.12. The maximum absolute atomic E-state index is 13.1. The van der Waals surface area contributed by atoms with Crippen molar-refractivity contribution in [2.45, 2.75) is 32.0 Å². The first-order valence-corrected chi connectivity index (χ1v) is 9.90. The van der Waals surface area contributed by atoms with Crippen LogP contribution in [0.3, 0.4) is 0 Å². The van der Waals surface area contributed by atoms with Crippen LogP contribution in [0, 0.1) is 0 Å². The number of nitrogens with one attached hydrogen (secondary N) is 1. The van der Waals surface area contributed by atoms with Gasteiger partial charge in [-0.25, -0.2) is 22.7 Å². The van der Waals surface area contributed by atoms with Gasteiger partial charge >= 0.3 is 6.18 Å². The van der Waals surface area contributed by atoms with Crippen molar-refractivity contribution in [3.8, 4) is 0 Å². The quantitative estimate of drug-likeness (QED) is 0.746. The summed E-state index contributed by atoms with van der Waals surface area (Å²) in [5, 5.41) is 2.98. The van der Waals surface area contributed by atoms with Gasteiger partial charge in [-0.05, 0) is 25.8 Å². The van der Waals surface area contributed by atoms with E-state index in [1.165, 1.54) is 4.31 Å². The second-order valence-corrected chi connectivity index (χ2v) is 7.81. The zero-order valence-corrected chi connectivity index (χ0v) is 15.3. The molecule has 0 radical (unpaired) electrons. The Hall–Kier alpha value is -1.88. The first-order chi connectivity index (χ1) is 12.1. The van der Waals surface area contributed by atoms with Gasteiger partial charge < -0.3 is 10.1 Å². The molecule has 0 bridgehead atoms. The molecule has 1 aliphatic rings. The van der Waals surface area contributed by atoms with Gasteiger partial charge in [-0.2, -0.15) is 13.2 Å². The lowest BCUT2D eigenvalue weighted by Crippen LogP contribution is -2.42. The Morgan fingerprint density at radius 3 is 2.58 bits per heavy atom. The van der Waals surface area contributed by atoms with Crippen molar-refractivity contribution in [3.63, 3.8) is 0 Å². The topological polar surface area (TPSA) is 84.4 Å². The minimum atomic E-state index is -4.58. The number of sulfonamides is 1. The Kier molecular flexibility index (Phi) is 6.45. The third kappa shape index (κ3) is 5.56. The van der Waals surface area contributed by atoms with E-state index in [-0.39, 0.29) is 17.7 Å². The van der Waals surface area contributed by atoms with Crippen molar-refractivity contribution >= 4 is 22.0 Å². The molecular weight excluding hydrogens is 373 g/mol. The molecule has 1 fully saturated rings. The molecular formula is C15H21F3N4O3S. The largest absolute Gasteiger partial charge is 0.501 e. The predicted octanol–water partition coefficient (Wildman–Crippen LogP) is 2.34. The lowest BCUT2D eigenvalue weighted by Gasteiger charge is -2.30. The molecule has 0 atom stereocenters. The number of aromatic nitrogens is 2. The highest BCUT2D eigenvalue weighted by atomic mass is 32.2. The molecule has 0 aromatic carbocycles. The molecule has 0 amide bonds. The van der Waals surface area contributed by atoms with Crippen LogP contribution in [0.1, 0.15) is 31.0 Å². The van der Waals surface area contributed by atoms with E-state index in [2.05, 4.69) is 15.3 Å².